The number of aromatic nitrogens is 5. The van der Waals surface area contributed by atoms with E-state index in [1.165, 1.54) is 5.56 Å². The van der Waals surface area contributed by atoms with Gasteiger partial charge in [-0.1, -0.05) is 16.8 Å². The van der Waals surface area contributed by atoms with E-state index in [1.54, 1.807) is 11.2 Å². The van der Waals surface area contributed by atoms with Gasteiger partial charge in [0.1, 0.15) is 6.33 Å². The highest BCUT2D eigenvalue weighted by Crippen LogP contribution is 2.34. The van der Waals surface area contributed by atoms with Crippen molar-refractivity contribution in [2.24, 2.45) is 0 Å². The Kier molecular flexibility index (Phi) is 3.86. The molecule has 1 amide bonds. The Labute approximate surface area is 152 Å². The van der Waals surface area contributed by atoms with Gasteiger partial charge in [0.05, 0.1) is 29.3 Å². The molecule has 0 spiro atoms. The summed E-state index contributed by atoms with van der Waals surface area (Å²) >= 11 is 0. The molecule has 134 valence electrons. The first-order valence-electron chi connectivity index (χ1n) is 8.92. The number of imidazole rings is 1. The summed E-state index contributed by atoms with van der Waals surface area (Å²) in [5, 5.41) is 8.57. The highest BCUT2D eigenvalue weighted by atomic mass is 16.2. The van der Waals surface area contributed by atoms with E-state index >= 15 is 0 Å². The summed E-state index contributed by atoms with van der Waals surface area (Å²) in [5.41, 5.74) is 6.43. The Morgan fingerprint density at radius 1 is 1.23 bits per heavy atom. The van der Waals surface area contributed by atoms with Crippen LogP contribution in [0.25, 0.3) is 16.9 Å². The molecule has 0 saturated heterocycles. The normalized spacial score (nSPS) is 12.2. The second-order valence-electron chi connectivity index (χ2n) is 6.59. The smallest absolute Gasteiger partial charge is 0.274 e. The number of fused-ring (bicyclic) bond motifs is 5. The van der Waals surface area contributed by atoms with Crippen molar-refractivity contribution in [3.05, 3.63) is 47.2 Å². The van der Waals surface area contributed by atoms with Crippen molar-refractivity contribution < 1.29 is 4.79 Å². The molecule has 1 aliphatic heterocycles. The van der Waals surface area contributed by atoms with Crippen LogP contribution in [0.4, 0.5) is 0 Å². The van der Waals surface area contributed by atoms with Crippen LogP contribution in [0.3, 0.4) is 0 Å². The highest BCUT2D eigenvalue weighted by molar-refractivity contribution is 5.94. The van der Waals surface area contributed by atoms with E-state index in [-0.39, 0.29) is 5.91 Å². The Morgan fingerprint density at radius 3 is 2.73 bits per heavy atom. The van der Waals surface area contributed by atoms with Crippen molar-refractivity contribution in [3.8, 4) is 16.9 Å². The van der Waals surface area contributed by atoms with Crippen molar-refractivity contribution >= 4 is 5.91 Å². The van der Waals surface area contributed by atoms with Crippen LogP contribution in [0, 0.1) is 13.8 Å². The third kappa shape index (κ3) is 2.34. The molecule has 26 heavy (non-hydrogen) atoms. The van der Waals surface area contributed by atoms with Crippen molar-refractivity contribution in [3.63, 3.8) is 0 Å². The molecule has 4 rings (SSSR count). The van der Waals surface area contributed by atoms with Gasteiger partial charge in [-0.3, -0.25) is 9.36 Å². The summed E-state index contributed by atoms with van der Waals surface area (Å²) in [7, 11) is 0. The van der Waals surface area contributed by atoms with Gasteiger partial charge < -0.3 is 4.90 Å². The number of benzene rings is 1. The highest BCUT2D eigenvalue weighted by Gasteiger charge is 2.28. The second-order valence-corrected chi connectivity index (χ2v) is 6.59. The topological polar surface area (TPSA) is 68.8 Å². The van der Waals surface area contributed by atoms with Gasteiger partial charge in [-0.15, -0.1) is 5.10 Å². The van der Waals surface area contributed by atoms with Crippen molar-refractivity contribution in [2.45, 2.75) is 34.2 Å². The Morgan fingerprint density at radius 2 is 2.00 bits per heavy atom. The van der Waals surface area contributed by atoms with Crippen LogP contribution >= 0.6 is 0 Å². The molecule has 0 fully saturated rings. The first-order valence-corrected chi connectivity index (χ1v) is 8.92. The number of hydrogen-bond donors (Lipinski definition) is 0. The minimum atomic E-state index is -0.0438. The lowest BCUT2D eigenvalue weighted by Crippen LogP contribution is -2.31. The van der Waals surface area contributed by atoms with E-state index in [2.05, 4.69) is 40.4 Å². The van der Waals surface area contributed by atoms with E-state index in [0.717, 1.165) is 28.3 Å². The first-order chi connectivity index (χ1) is 12.5. The Balaban J connectivity index is 1.95. The molecule has 0 N–H and O–H groups in total. The van der Waals surface area contributed by atoms with Crippen LogP contribution in [0.2, 0.25) is 0 Å². The zero-order chi connectivity index (χ0) is 18.4. The van der Waals surface area contributed by atoms with E-state index in [9.17, 15) is 4.79 Å². The van der Waals surface area contributed by atoms with Crippen molar-refractivity contribution in [2.75, 3.05) is 13.1 Å². The molecule has 1 aliphatic rings. The molecule has 7 heteroatoms. The van der Waals surface area contributed by atoms with Gasteiger partial charge in [-0.05, 0) is 39.8 Å². The van der Waals surface area contributed by atoms with Crippen LogP contribution in [0.15, 0.2) is 24.5 Å². The van der Waals surface area contributed by atoms with Gasteiger partial charge >= 0.3 is 0 Å². The maximum atomic E-state index is 12.9. The summed E-state index contributed by atoms with van der Waals surface area (Å²) < 4.78 is 3.88. The maximum absolute atomic E-state index is 12.9. The maximum Gasteiger partial charge on any atom is 0.274 e. The number of aryl methyl sites for hydroxylation is 2. The third-order valence-electron chi connectivity index (χ3n) is 4.99. The fourth-order valence-corrected chi connectivity index (χ4v) is 3.61. The summed E-state index contributed by atoms with van der Waals surface area (Å²) in [6.45, 7) is 9.77. The van der Waals surface area contributed by atoms with Gasteiger partial charge in [-0.2, -0.15) is 0 Å². The van der Waals surface area contributed by atoms with Crippen molar-refractivity contribution in [1.29, 1.82) is 0 Å². The molecule has 0 saturated carbocycles. The van der Waals surface area contributed by atoms with E-state index in [1.807, 2.05) is 30.0 Å². The number of carbonyl (C=O) groups excluding carboxylic acids is 1. The molecule has 1 aromatic carbocycles. The molecule has 0 radical (unpaired) electrons. The molecular weight excluding hydrogens is 328 g/mol. The number of hydrogen-bond acceptors (Lipinski definition) is 4. The Bertz CT molecular complexity index is 996. The Hall–Kier alpha value is -2.96. The molecular formula is C19H22N6O. The largest absolute Gasteiger partial charge is 0.338 e. The van der Waals surface area contributed by atoms with Gasteiger partial charge in [0.25, 0.3) is 5.91 Å². The minimum Gasteiger partial charge on any atom is -0.338 e. The second kappa shape index (κ2) is 6.09. The zero-order valence-corrected chi connectivity index (χ0v) is 15.5. The summed E-state index contributed by atoms with van der Waals surface area (Å²) in [6, 6.07) is 6.28. The van der Waals surface area contributed by atoms with Crippen LogP contribution < -0.4 is 0 Å². The van der Waals surface area contributed by atoms with E-state index in [0.29, 0.717) is 25.3 Å². The molecule has 3 aromatic rings. The predicted octanol–water partition coefficient (Wildman–Crippen LogP) is 2.59. The van der Waals surface area contributed by atoms with Gasteiger partial charge in [0.15, 0.2) is 5.69 Å². The average Bonchev–Trinajstić information content (AvgIpc) is 3.16. The molecule has 0 aliphatic carbocycles. The lowest BCUT2D eigenvalue weighted by atomic mass is 10.0. The molecule has 7 nitrogen and oxygen atoms in total. The molecule has 0 atom stereocenters. The van der Waals surface area contributed by atoms with Gasteiger partial charge in [0.2, 0.25) is 0 Å². The van der Waals surface area contributed by atoms with Crippen molar-refractivity contribution in [1.82, 2.24) is 29.4 Å². The van der Waals surface area contributed by atoms with E-state index < -0.39 is 0 Å². The van der Waals surface area contributed by atoms with Crippen LogP contribution in [-0.2, 0) is 6.54 Å². The molecule has 3 heterocycles. The summed E-state index contributed by atoms with van der Waals surface area (Å²) in [5.74, 6) is -0.0438. The molecule has 0 bridgehead atoms. The predicted molar refractivity (Wildman–Crippen MR) is 98.4 cm³/mol. The van der Waals surface area contributed by atoms with Gasteiger partial charge in [0, 0.05) is 18.7 Å². The van der Waals surface area contributed by atoms with E-state index in [4.69, 9.17) is 0 Å². The monoisotopic (exact) mass is 350 g/mol. The number of nitrogens with zero attached hydrogens (tertiary/aromatic N) is 6. The summed E-state index contributed by atoms with van der Waals surface area (Å²) in [4.78, 5) is 19.2. The fraction of sp³-hybridized carbons (Fsp3) is 0.368. The van der Waals surface area contributed by atoms with Gasteiger partial charge in [-0.25, -0.2) is 9.67 Å². The minimum absolute atomic E-state index is 0.0438. The van der Waals surface area contributed by atoms with Crippen LogP contribution in [0.1, 0.15) is 41.3 Å². The number of rotatable bonds is 3. The average molecular weight is 350 g/mol. The quantitative estimate of drug-likeness (QED) is 0.569. The zero-order valence-electron chi connectivity index (χ0n) is 15.5. The number of amides is 1. The number of carbonyl (C=O) groups is 1. The standard InChI is InChI=1S/C19H22N6O/c1-5-23(6-2)19(26)17-16-10-25-18(13(4)21-22-25)14-9-12(3)7-8-15(14)24(16)11-20-17/h7-9,11H,5-6,10H2,1-4H3. The third-order valence-corrected chi connectivity index (χ3v) is 4.99. The fourth-order valence-electron chi connectivity index (χ4n) is 3.61. The lowest BCUT2D eigenvalue weighted by molar-refractivity contribution is 0.0766. The molecule has 2 aromatic heterocycles. The first kappa shape index (κ1) is 16.5. The van der Waals surface area contributed by atoms with Crippen LogP contribution in [-0.4, -0.2) is 48.4 Å². The molecule has 0 unspecified atom stereocenters. The van der Waals surface area contributed by atoms with Crippen LogP contribution in [0.5, 0.6) is 0 Å². The lowest BCUT2D eigenvalue weighted by Gasteiger charge is -2.18. The summed E-state index contributed by atoms with van der Waals surface area (Å²) in [6.07, 6.45) is 1.75. The SMILES string of the molecule is CCN(CC)C(=O)c1ncn2c1Cn1nnc(C)c1-c1cc(C)ccc1-2.